The van der Waals surface area contributed by atoms with E-state index in [1.165, 1.54) is 12.1 Å². The lowest BCUT2D eigenvalue weighted by molar-refractivity contribution is -0.125. The van der Waals surface area contributed by atoms with E-state index >= 15 is 0 Å². The van der Waals surface area contributed by atoms with Crippen LogP contribution in [0.3, 0.4) is 0 Å². The number of carbonyl (C=O) groups excluding carboxylic acids is 1. The molecule has 2 aromatic carbocycles. The third-order valence-electron chi connectivity index (χ3n) is 3.75. The van der Waals surface area contributed by atoms with Gasteiger partial charge in [-0.1, -0.05) is 35.9 Å². The van der Waals surface area contributed by atoms with Crippen LogP contribution >= 0.6 is 11.6 Å². The Labute approximate surface area is 135 Å². The van der Waals surface area contributed by atoms with Gasteiger partial charge in [0.1, 0.15) is 5.82 Å². The van der Waals surface area contributed by atoms with Crippen LogP contribution in [-0.4, -0.2) is 12.5 Å². The van der Waals surface area contributed by atoms with Gasteiger partial charge in [0.2, 0.25) is 5.91 Å². The van der Waals surface area contributed by atoms with Crippen molar-refractivity contribution in [1.29, 1.82) is 0 Å². The predicted octanol–water partition coefficient (Wildman–Crippen LogP) is 4.12. The minimum absolute atomic E-state index is 0.0445. The summed E-state index contributed by atoms with van der Waals surface area (Å²) in [6.45, 7) is 4.27. The highest BCUT2D eigenvalue weighted by molar-refractivity contribution is 6.30. The standard InChI is InChI=1S/C18H19ClFNO/c1-18(2,14-5-7-15(19)8-6-14)17(22)21-12-11-13-3-9-16(20)10-4-13/h3-10H,11-12H2,1-2H3,(H,21,22). The Morgan fingerprint density at radius 3 is 2.27 bits per heavy atom. The topological polar surface area (TPSA) is 29.1 Å². The molecule has 0 fully saturated rings. The van der Waals surface area contributed by atoms with Gasteiger partial charge >= 0.3 is 0 Å². The van der Waals surface area contributed by atoms with Gasteiger partial charge in [0.25, 0.3) is 0 Å². The Kier molecular flexibility index (Phi) is 5.19. The molecular weight excluding hydrogens is 301 g/mol. The van der Waals surface area contributed by atoms with Gasteiger partial charge in [0.05, 0.1) is 5.41 Å². The van der Waals surface area contributed by atoms with Crippen molar-refractivity contribution >= 4 is 17.5 Å². The third kappa shape index (κ3) is 4.08. The molecule has 116 valence electrons. The fourth-order valence-electron chi connectivity index (χ4n) is 2.19. The lowest BCUT2D eigenvalue weighted by Crippen LogP contribution is -2.40. The van der Waals surface area contributed by atoms with Crippen LogP contribution in [0.5, 0.6) is 0 Å². The molecule has 0 unspecified atom stereocenters. The summed E-state index contributed by atoms with van der Waals surface area (Å²) in [5.41, 5.74) is 1.27. The zero-order chi connectivity index (χ0) is 16.2. The number of hydrogen-bond donors (Lipinski definition) is 1. The maximum Gasteiger partial charge on any atom is 0.230 e. The zero-order valence-electron chi connectivity index (χ0n) is 12.7. The smallest absolute Gasteiger partial charge is 0.230 e. The van der Waals surface area contributed by atoms with E-state index in [0.29, 0.717) is 18.0 Å². The van der Waals surface area contributed by atoms with E-state index < -0.39 is 5.41 Å². The molecule has 0 saturated heterocycles. The van der Waals surface area contributed by atoms with Crippen molar-refractivity contribution < 1.29 is 9.18 Å². The Morgan fingerprint density at radius 2 is 1.68 bits per heavy atom. The quantitative estimate of drug-likeness (QED) is 0.882. The average molecular weight is 320 g/mol. The lowest BCUT2D eigenvalue weighted by Gasteiger charge is -2.24. The van der Waals surface area contributed by atoms with Crippen molar-refractivity contribution in [2.24, 2.45) is 0 Å². The Bertz CT molecular complexity index is 635. The average Bonchev–Trinajstić information content (AvgIpc) is 2.49. The molecule has 0 aliphatic rings. The van der Waals surface area contributed by atoms with Gasteiger partial charge in [-0.2, -0.15) is 0 Å². The normalized spacial score (nSPS) is 11.3. The molecule has 1 amide bonds. The van der Waals surface area contributed by atoms with E-state index in [1.807, 2.05) is 26.0 Å². The summed E-state index contributed by atoms with van der Waals surface area (Å²) >= 11 is 5.88. The fourth-order valence-corrected chi connectivity index (χ4v) is 2.32. The molecule has 1 N–H and O–H groups in total. The van der Waals surface area contributed by atoms with Crippen LogP contribution in [0.25, 0.3) is 0 Å². The molecule has 0 spiro atoms. The number of hydrogen-bond acceptors (Lipinski definition) is 1. The van der Waals surface area contributed by atoms with Gasteiger partial charge in [-0.05, 0) is 55.7 Å². The molecule has 2 aromatic rings. The van der Waals surface area contributed by atoms with Gasteiger partial charge < -0.3 is 5.32 Å². The van der Waals surface area contributed by atoms with Crippen LogP contribution in [-0.2, 0) is 16.6 Å². The van der Waals surface area contributed by atoms with Crippen LogP contribution < -0.4 is 5.32 Å². The Hall–Kier alpha value is -1.87. The molecule has 0 bridgehead atoms. The molecule has 0 heterocycles. The van der Waals surface area contributed by atoms with E-state index in [2.05, 4.69) is 5.32 Å². The molecule has 2 nitrogen and oxygen atoms in total. The molecule has 0 aliphatic heterocycles. The molecule has 22 heavy (non-hydrogen) atoms. The van der Waals surface area contributed by atoms with E-state index in [9.17, 15) is 9.18 Å². The molecule has 0 saturated carbocycles. The molecule has 0 aromatic heterocycles. The van der Waals surface area contributed by atoms with Crippen molar-refractivity contribution in [3.8, 4) is 0 Å². The van der Waals surface area contributed by atoms with Gasteiger partial charge in [-0.3, -0.25) is 4.79 Å². The minimum Gasteiger partial charge on any atom is -0.355 e. The van der Waals surface area contributed by atoms with E-state index in [1.54, 1.807) is 24.3 Å². The highest BCUT2D eigenvalue weighted by atomic mass is 35.5. The van der Waals surface area contributed by atoms with Crippen LogP contribution in [0, 0.1) is 5.82 Å². The van der Waals surface area contributed by atoms with Crippen molar-refractivity contribution in [2.45, 2.75) is 25.7 Å². The number of benzene rings is 2. The number of amides is 1. The monoisotopic (exact) mass is 319 g/mol. The van der Waals surface area contributed by atoms with Crippen LogP contribution in [0.2, 0.25) is 5.02 Å². The highest BCUT2D eigenvalue weighted by Gasteiger charge is 2.29. The second-order valence-corrected chi connectivity index (χ2v) is 6.20. The Balaban J connectivity index is 1.93. The largest absolute Gasteiger partial charge is 0.355 e. The first kappa shape index (κ1) is 16.5. The predicted molar refractivity (Wildman–Crippen MR) is 87.6 cm³/mol. The van der Waals surface area contributed by atoms with E-state index in [4.69, 9.17) is 11.6 Å². The fraction of sp³-hybridized carbons (Fsp3) is 0.278. The summed E-state index contributed by atoms with van der Waals surface area (Å²) in [5, 5.41) is 3.58. The summed E-state index contributed by atoms with van der Waals surface area (Å²) in [5.74, 6) is -0.298. The van der Waals surface area contributed by atoms with Crippen LogP contribution in [0.15, 0.2) is 48.5 Å². The second kappa shape index (κ2) is 6.93. The molecule has 0 aliphatic carbocycles. The maximum atomic E-state index is 12.8. The minimum atomic E-state index is -0.632. The van der Waals surface area contributed by atoms with Crippen molar-refractivity contribution in [1.82, 2.24) is 5.32 Å². The zero-order valence-corrected chi connectivity index (χ0v) is 13.5. The van der Waals surface area contributed by atoms with Gasteiger partial charge in [0, 0.05) is 11.6 Å². The molecule has 0 radical (unpaired) electrons. The second-order valence-electron chi connectivity index (χ2n) is 5.76. The summed E-state index contributed by atoms with van der Waals surface area (Å²) in [6.07, 6.45) is 0.669. The Morgan fingerprint density at radius 1 is 1.09 bits per heavy atom. The van der Waals surface area contributed by atoms with Crippen molar-refractivity contribution in [3.63, 3.8) is 0 Å². The van der Waals surface area contributed by atoms with Crippen LogP contribution in [0.4, 0.5) is 4.39 Å². The summed E-state index contributed by atoms with van der Waals surface area (Å²) in [4.78, 5) is 12.4. The van der Waals surface area contributed by atoms with Crippen molar-refractivity contribution in [3.05, 3.63) is 70.5 Å². The molecular formula is C18H19ClFNO. The van der Waals surface area contributed by atoms with Gasteiger partial charge in [0.15, 0.2) is 0 Å². The molecule has 0 atom stereocenters. The highest BCUT2D eigenvalue weighted by Crippen LogP contribution is 2.24. The number of nitrogens with one attached hydrogen (secondary N) is 1. The van der Waals surface area contributed by atoms with E-state index in [0.717, 1.165) is 11.1 Å². The third-order valence-corrected chi connectivity index (χ3v) is 4.00. The van der Waals surface area contributed by atoms with Crippen molar-refractivity contribution in [2.75, 3.05) is 6.54 Å². The van der Waals surface area contributed by atoms with Gasteiger partial charge in [-0.15, -0.1) is 0 Å². The summed E-state index contributed by atoms with van der Waals surface area (Å²) in [6, 6.07) is 13.6. The first-order chi connectivity index (χ1) is 10.4. The van der Waals surface area contributed by atoms with Gasteiger partial charge in [-0.25, -0.2) is 4.39 Å². The number of halogens is 2. The summed E-state index contributed by atoms with van der Waals surface area (Å²) in [7, 11) is 0. The number of carbonyl (C=O) groups is 1. The molecule has 4 heteroatoms. The first-order valence-electron chi connectivity index (χ1n) is 7.18. The maximum absolute atomic E-state index is 12.8. The van der Waals surface area contributed by atoms with Crippen LogP contribution in [0.1, 0.15) is 25.0 Å². The first-order valence-corrected chi connectivity index (χ1v) is 7.56. The molecule has 2 rings (SSSR count). The SMILES string of the molecule is CC(C)(C(=O)NCCc1ccc(F)cc1)c1ccc(Cl)cc1. The summed E-state index contributed by atoms with van der Waals surface area (Å²) < 4.78 is 12.8. The lowest BCUT2D eigenvalue weighted by atomic mass is 9.83. The van der Waals surface area contributed by atoms with E-state index in [-0.39, 0.29) is 11.7 Å². The number of rotatable bonds is 5.